The monoisotopic (exact) mass is 334 g/mol. The van der Waals surface area contributed by atoms with E-state index in [1.807, 2.05) is 23.6 Å². The van der Waals surface area contributed by atoms with Crippen LogP contribution in [0.4, 0.5) is 10.2 Å². The van der Waals surface area contributed by atoms with Gasteiger partial charge in [0.1, 0.15) is 23.0 Å². The van der Waals surface area contributed by atoms with Crippen LogP contribution in [0, 0.1) is 12.7 Å². The molecule has 1 N–H and O–H groups in total. The third-order valence-electron chi connectivity index (χ3n) is 3.64. The lowest BCUT2D eigenvalue weighted by Crippen LogP contribution is -2.12. The van der Waals surface area contributed by atoms with Gasteiger partial charge in [0.15, 0.2) is 5.82 Å². The van der Waals surface area contributed by atoms with Crippen LogP contribution in [0.2, 0.25) is 5.15 Å². The maximum absolute atomic E-state index is 14.4. The lowest BCUT2D eigenvalue weighted by atomic mass is 10.2. The number of nitrogens with one attached hydrogen (secondary N) is 1. The van der Waals surface area contributed by atoms with Gasteiger partial charge in [-0.2, -0.15) is 0 Å². The highest BCUT2D eigenvalue weighted by molar-refractivity contribution is 6.29. The Labute approximate surface area is 138 Å². The van der Waals surface area contributed by atoms with Crippen LogP contribution in [0.3, 0.4) is 0 Å². The second-order valence-corrected chi connectivity index (χ2v) is 5.52. The summed E-state index contributed by atoms with van der Waals surface area (Å²) in [5.41, 5.74) is 1.56. The van der Waals surface area contributed by atoms with Gasteiger partial charge in [-0.05, 0) is 19.1 Å². The highest BCUT2D eigenvalue weighted by Crippen LogP contribution is 2.27. The summed E-state index contributed by atoms with van der Waals surface area (Å²) in [6.45, 7) is 3.14. The molecular weight excluding hydrogens is 319 g/mol. The zero-order valence-corrected chi connectivity index (χ0v) is 13.6. The van der Waals surface area contributed by atoms with Crippen LogP contribution >= 0.6 is 11.6 Å². The summed E-state index contributed by atoms with van der Waals surface area (Å²) in [6, 6.07) is 6.82. The third-order valence-corrected chi connectivity index (χ3v) is 3.84. The van der Waals surface area contributed by atoms with Gasteiger partial charge in [-0.15, -0.1) is 0 Å². The lowest BCUT2D eigenvalue weighted by Gasteiger charge is -2.11. The Morgan fingerprint density at radius 3 is 2.83 bits per heavy atom. The number of hydrogen-bond donors (Lipinski definition) is 1. The van der Waals surface area contributed by atoms with Gasteiger partial charge in [-0.25, -0.2) is 14.4 Å². The first-order valence-electron chi connectivity index (χ1n) is 7.13. The molecule has 0 aliphatic rings. The number of fused-ring (bicyclic) bond motifs is 1. The lowest BCUT2D eigenvalue weighted by molar-refractivity contribution is 0.412. The summed E-state index contributed by atoms with van der Waals surface area (Å²) in [7, 11) is 1.53. The van der Waals surface area contributed by atoms with E-state index in [1.54, 1.807) is 6.07 Å². The van der Waals surface area contributed by atoms with Crippen LogP contribution in [-0.4, -0.2) is 28.2 Å². The average molecular weight is 335 g/mol. The largest absolute Gasteiger partial charge is 0.497 e. The first-order chi connectivity index (χ1) is 11.1. The predicted octanol–water partition coefficient (Wildman–Crippen LogP) is 3.65. The van der Waals surface area contributed by atoms with Crippen LogP contribution in [0.1, 0.15) is 5.69 Å². The fourth-order valence-electron chi connectivity index (χ4n) is 2.60. The summed E-state index contributed by atoms with van der Waals surface area (Å²) in [5.74, 6) is 0.861. The molecule has 0 aliphatic heterocycles. The summed E-state index contributed by atoms with van der Waals surface area (Å²) >= 11 is 5.82. The Morgan fingerprint density at radius 2 is 2.09 bits per heavy atom. The van der Waals surface area contributed by atoms with E-state index >= 15 is 0 Å². The van der Waals surface area contributed by atoms with Gasteiger partial charge in [0.2, 0.25) is 0 Å². The van der Waals surface area contributed by atoms with Crippen molar-refractivity contribution >= 4 is 28.3 Å². The summed E-state index contributed by atoms with van der Waals surface area (Å²) in [5, 5.41) is 4.36. The Bertz CT molecular complexity index is 849. The number of methoxy groups -OCH3 is 1. The zero-order chi connectivity index (χ0) is 16.4. The van der Waals surface area contributed by atoms with Crippen molar-refractivity contribution in [2.45, 2.75) is 13.5 Å². The van der Waals surface area contributed by atoms with E-state index < -0.39 is 0 Å². The number of anilines is 1. The number of halogens is 2. The van der Waals surface area contributed by atoms with E-state index in [2.05, 4.69) is 15.3 Å². The molecule has 23 heavy (non-hydrogen) atoms. The Hall–Kier alpha value is -2.34. The van der Waals surface area contributed by atoms with E-state index in [0.717, 1.165) is 11.1 Å². The minimum atomic E-state index is -0.294. The van der Waals surface area contributed by atoms with Crippen molar-refractivity contribution in [3.8, 4) is 5.75 Å². The minimum Gasteiger partial charge on any atom is -0.497 e. The van der Waals surface area contributed by atoms with E-state index in [1.165, 1.54) is 19.5 Å². The van der Waals surface area contributed by atoms with Crippen molar-refractivity contribution in [3.63, 3.8) is 0 Å². The number of aromatic nitrogens is 3. The fourth-order valence-corrected chi connectivity index (χ4v) is 2.75. The second-order valence-electron chi connectivity index (χ2n) is 5.14. The zero-order valence-electron chi connectivity index (χ0n) is 12.8. The van der Waals surface area contributed by atoms with Crippen LogP contribution in [0.15, 0.2) is 30.6 Å². The van der Waals surface area contributed by atoms with Gasteiger partial charge < -0.3 is 14.6 Å². The number of nitrogens with zero attached hydrogens (tertiary/aromatic N) is 3. The Morgan fingerprint density at radius 1 is 1.26 bits per heavy atom. The topological polar surface area (TPSA) is 52.0 Å². The third kappa shape index (κ3) is 3.22. The number of hydrogen-bond acceptors (Lipinski definition) is 4. The normalized spacial score (nSPS) is 11.0. The molecule has 120 valence electrons. The van der Waals surface area contributed by atoms with Gasteiger partial charge >= 0.3 is 0 Å². The molecule has 0 amide bonds. The molecule has 0 atom stereocenters. The standard InChI is InChI=1S/C16H16ClFN4O/c1-10-5-11-6-12(23-2)7-13(18)16(11)22(10)4-3-19-15-8-14(17)20-9-21-15/h5-9H,3-4H2,1-2H3,(H,19,20,21). The highest BCUT2D eigenvalue weighted by Gasteiger charge is 2.12. The van der Waals surface area contributed by atoms with E-state index in [9.17, 15) is 4.39 Å². The quantitative estimate of drug-likeness (QED) is 0.724. The molecule has 0 radical (unpaired) electrons. The Kier molecular flexibility index (Phi) is 4.34. The van der Waals surface area contributed by atoms with E-state index in [-0.39, 0.29) is 5.82 Å². The molecular formula is C16H16ClFN4O. The van der Waals surface area contributed by atoms with E-state index in [4.69, 9.17) is 16.3 Å². The van der Waals surface area contributed by atoms with Gasteiger partial charge in [-0.3, -0.25) is 0 Å². The SMILES string of the molecule is COc1cc(F)c2c(c1)cc(C)n2CCNc1cc(Cl)ncn1. The minimum absolute atomic E-state index is 0.294. The van der Waals surface area contributed by atoms with Gasteiger partial charge in [-0.1, -0.05) is 11.6 Å². The average Bonchev–Trinajstić information content (AvgIpc) is 2.83. The van der Waals surface area contributed by atoms with Crippen molar-refractivity contribution in [1.29, 1.82) is 0 Å². The summed E-state index contributed by atoms with van der Waals surface area (Å²) in [4.78, 5) is 7.91. The molecule has 0 bridgehead atoms. The molecule has 2 aromatic heterocycles. The van der Waals surface area contributed by atoms with Crippen LogP contribution in [-0.2, 0) is 6.54 Å². The van der Waals surface area contributed by atoms with Crippen molar-refractivity contribution in [2.24, 2.45) is 0 Å². The molecule has 0 saturated carbocycles. The smallest absolute Gasteiger partial charge is 0.151 e. The predicted molar refractivity (Wildman–Crippen MR) is 88.7 cm³/mol. The Balaban J connectivity index is 1.81. The molecule has 1 aromatic carbocycles. The molecule has 0 unspecified atom stereocenters. The summed E-state index contributed by atoms with van der Waals surface area (Å²) < 4.78 is 21.4. The van der Waals surface area contributed by atoms with Crippen LogP contribution < -0.4 is 10.1 Å². The van der Waals surface area contributed by atoms with Gasteiger partial charge in [0, 0.05) is 36.3 Å². The first kappa shape index (κ1) is 15.6. The van der Waals surface area contributed by atoms with E-state index in [0.29, 0.717) is 35.3 Å². The molecule has 5 nitrogen and oxygen atoms in total. The molecule has 3 rings (SSSR count). The first-order valence-corrected chi connectivity index (χ1v) is 7.51. The number of aryl methyl sites for hydroxylation is 1. The van der Waals surface area contributed by atoms with Crippen molar-refractivity contribution in [1.82, 2.24) is 14.5 Å². The maximum atomic E-state index is 14.4. The molecule has 0 fully saturated rings. The molecule has 0 saturated heterocycles. The van der Waals surface area contributed by atoms with Crippen LogP contribution in [0.5, 0.6) is 5.75 Å². The van der Waals surface area contributed by atoms with Crippen molar-refractivity contribution in [2.75, 3.05) is 19.0 Å². The number of ether oxygens (including phenoxy) is 1. The molecule has 3 aromatic rings. The van der Waals surface area contributed by atoms with Crippen LogP contribution in [0.25, 0.3) is 10.9 Å². The second kappa shape index (κ2) is 6.42. The van der Waals surface area contributed by atoms with Gasteiger partial charge in [0.25, 0.3) is 0 Å². The molecule has 7 heteroatoms. The van der Waals surface area contributed by atoms with Gasteiger partial charge in [0.05, 0.1) is 12.6 Å². The molecule has 0 aliphatic carbocycles. The molecule has 2 heterocycles. The van der Waals surface area contributed by atoms with Crippen molar-refractivity contribution < 1.29 is 9.13 Å². The van der Waals surface area contributed by atoms with Crippen molar-refractivity contribution in [3.05, 3.63) is 47.3 Å². The highest BCUT2D eigenvalue weighted by atomic mass is 35.5. The fraction of sp³-hybridized carbons (Fsp3) is 0.250. The molecule has 0 spiro atoms. The maximum Gasteiger partial charge on any atom is 0.151 e. The number of benzene rings is 1. The number of rotatable bonds is 5. The summed E-state index contributed by atoms with van der Waals surface area (Å²) in [6.07, 6.45) is 1.40.